The van der Waals surface area contributed by atoms with Gasteiger partial charge in [-0.25, -0.2) is 4.79 Å². The Balaban J connectivity index is 2.24. The first-order valence-electron chi connectivity index (χ1n) is 6.19. The maximum Gasteiger partial charge on any atom is 0.318 e. The molecule has 0 atom stereocenters. The summed E-state index contributed by atoms with van der Waals surface area (Å²) in [5.41, 5.74) is -0.662. The van der Waals surface area contributed by atoms with Crippen molar-refractivity contribution in [1.29, 1.82) is 0 Å². The summed E-state index contributed by atoms with van der Waals surface area (Å²) in [5.74, 6) is -0.0453. The second-order valence-corrected chi connectivity index (χ2v) is 4.60. The van der Waals surface area contributed by atoms with Crippen LogP contribution in [0.3, 0.4) is 0 Å². The number of hydrogen-bond acceptors (Lipinski definition) is 3. The van der Waals surface area contributed by atoms with Crippen LogP contribution in [0.15, 0.2) is 0 Å². The molecule has 96 valence electrons. The van der Waals surface area contributed by atoms with Gasteiger partial charge in [0.15, 0.2) is 0 Å². The fourth-order valence-corrected chi connectivity index (χ4v) is 2.73. The minimum atomic E-state index is -0.662. The SMILES string of the molecule is CNC(=O)C1(N2CCCNC2=O)CCNCC1. The van der Waals surface area contributed by atoms with Crippen LogP contribution < -0.4 is 16.0 Å². The summed E-state index contributed by atoms with van der Waals surface area (Å²) in [7, 11) is 1.63. The number of carbonyl (C=O) groups excluding carboxylic acids is 2. The molecule has 0 radical (unpaired) electrons. The van der Waals surface area contributed by atoms with Gasteiger partial charge in [-0.1, -0.05) is 0 Å². The molecule has 2 saturated heterocycles. The quantitative estimate of drug-likeness (QED) is 0.596. The lowest BCUT2D eigenvalue weighted by molar-refractivity contribution is -0.133. The minimum Gasteiger partial charge on any atom is -0.357 e. The van der Waals surface area contributed by atoms with Crippen molar-refractivity contribution in [2.75, 3.05) is 33.2 Å². The summed E-state index contributed by atoms with van der Waals surface area (Å²) in [6, 6.07) is -0.109. The predicted molar refractivity (Wildman–Crippen MR) is 63.6 cm³/mol. The number of piperidine rings is 1. The standard InChI is InChI=1S/C11H20N4O2/c1-12-9(16)11(3-6-13-7-4-11)15-8-2-5-14-10(15)17/h13H,2-8H2,1H3,(H,12,16)(H,14,17). The van der Waals surface area contributed by atoms with Crippen molar-refractivity contribution in [3.8, 4) is 0 Å². The molecule has 2 heterocycles. The van der Waals surface area contributed by atoms with Gasteiger partial charge in [0.2, 0.25) is 5.91 Å². The van der Waals surface area contributed by atoms with E-state index in [4.69, 9.17) is 0 Å². The van der Waals surface area contributed by atoms with Crippen molar-refractivity contribution in [3.05, 3.63) is 0 Å². The third-order valence-electron chi connectivity index (χ3n) is 3.68. The first kappa shape index (κ1) is 12.2. The molecule has 0 aliphatic carbocycles. The fraction of sp³-hybridized carbons (Fsp3) is 0.818. The largest absolute Gasteiger partial charge is 0.357 e. The van der Waals surface area contributed by atoms with E-state index >= 15 is 0 Å². The van der Waals surface area contributed by atoms with Crippen LogP contribution in [-0.2, 0) is 4.79 Å². The van der Waals surface area contributed by atoms with Crippen molar-refractivity contribution in [2.24, 2.45) is 0 Å². The normalized spacial score (nSPS) is 24.1. The lowest BCUT2D eigenvalue weighted by Gasteiger charge is -2.46. The van der Waals surface area contributed by atoms with Gasteiger partial charge in [-0.2, -0.15) is 0 Å². The van der Waals surface area contributed by atoms with E-state index in [1.807, 2.05) is 0 Å². The minimum absolute atomic E-state index is 0.0453. The molecule has 6 heteroatoms. The van der Waals surface area contributed by atoms with Crippen LogP contribution >= 0.6 is 0 Å². The topological polar surface area (TPSA) is 73.5 Å². The third kappa shape index (κ3) is 2.09. The molecule has 0 spiro atoms. The Bertz CT molecular complexity index is 313. The molecule has 0 aromatic heterocycles. The summed E-state index contributed by atoms with van der Waals surface area (Å²) in [4.78, 5) is 25.8. The van der Waals surface area contributed by atoms with E-state index in [0.717, 1.165) is 19.5 Å². The molecule has 2 aliphatic heterocycles. The molecule has 3 N–H and O–H groups in total. The second-order valence-electron chi connectivity index (χ2n) is 4.60. The molecule has 3 amide bonds. The Morgan fingerprint density at radius 1 is 1.35 bits per heavy atom. The maximum atomic E-state index is 12.2. The Morgan fingerprint density at radius 2 is 2.06 bits per heavy atom. The Kier molecular flexibility index (Phi) is 3.51. The molecule has 0 aromatic carbocycles. The van der Waals surface area contributed by atoms with Crippen molar-refractivity contribution in [2.45, 2.75) is 24.8 Å². The van der Waals surface area contributed by atoms with Gasteiger partial charge in [0.25, 0.3) is 0 Å². The number of likely N-dealkylation sites (N-methyl/N-ethyl adjacent to an activating group) is 1. The summed E-state index contributed by atoms with van der Waals surface area (Å²) in [6.45, 7) is 2.92. The first-order chi connectivity index (χ1) is 8.20. The van der Waals surface area contributed by atoms with Crippen LogP contribution in [-0.4, -0.2) is 55.6 Å². The molecule has 0 bridgehead atoms. The van der Waals surface area contributed by atoms with E-state index in [0.29, 0.717) is 25.9 Å². The fourth-order valence-electron chi connectivity index (χ4n) is 2.73. The number of nitrogens with one attached hydrogen (secondary N) is 3. The smallest absolute Gasteiger partial charge is 0.318 e. The zero-order chi connectivity index (χ0) is 12.3. The highest BCUT2D eigenvalue weighted by molar-refractivity contribution is 5.91. The number of amides is 3. The van der Waals surface area contributed by atoms with Crippen molar-refractivity contribution in [1.82, 2.24) is 20.9 Å². The van der Waals surface area contributed by atoms with Crippen LogP contribution in [0.4, 0.5) is 4.79 Å². The molecule has 17 heavy (non-hydrogen) atoms. The Labute approximate surface area is 101 Å². The van der Waals surface area contributed by atoms with Crippen LogP contribution in [0.25, 0.3) is 0 Å². The lowest BCUT2D eigenvalue weighted by Crippen LogP contribution is -2.67. The van der Waals surface area contributed by atoms with Gasteiger partial charge in [-0.15, -0.1) is 0 Å². The van der Waals surface area contributed by atoms with Crippen molar-refractivity contribution < 1.29 is 9.59 Å². The monoisotopic (exact) mass is 240 g/mol. The van der Waals surface area contributed by atoms with Crippen LogP contribution in [0.5, 0.6) is 0 Å². The first-order valence-corrected chi connectivity index (χ1v) is 6.19. The molecule has 6 nitrogen and oxygen atoms in total. The van der Waals surface area contributed by atoms with E-state index in [2.05, 4.69) is 16.0 Å². The van der Waals surface area contributed by atoms with Crippen LogP contribution in [0.2, 0.25) is 0 Å². The van der Waals surface area contributed by atoms with Crippen molar-refractivity contribution in [3.63, 3.8) is 0 Å². The molecule has 2 fully saturated rings. The van der Waals surface area contributed by atoms with E-state index in [9.17, 15) is 9.59 Å². The van der Waals surface area contributed by atoms with Gasteiger partial charge < -0.3 is 20.9 Å². The average Bonchev–Trinajstić information content (AvgIpc) is 2.39. The highest BCUT2D eigenvalue weighted by Gasteiger charge is 2.47. The average molecular weight is 240 g/mol. The predicted octanol–water partition coefficient (Wildman–Crippen LogP) is -0.730. The zero-order valence-corrected chi connectivity index (χ0v) is 10.2. The third-order valence-corrected chi connectivity index (χ3v) is 3.68. The van der Waals surface area contributed by atoms with Gasteiger partial charge in [-0.3, -0.25) is 4.79 Å². The molecular weight excluding hydrogens is 220 g/mol. The summed E-state index contributed by atoms with van der Waals surface area (Å²) < 4.78 is 0. The number of carbonyl (C=O) groups is 2. The maximum absolute atomic E-state index is 12.2. The van der Waals surface area contributed by atoms with Crippen LogP contribution in [0, 0.1) is 0 Å². The highest BCUT2D eigenvalue weighted by Crippen LogP contribution is 2.28. The van der Waals surface area contributed by atoms with Crippen molar-refractivity contribution >= 4 is 11.9 Å². The Morgan fingerprint density at radius 3 is 2.65 bits per heavy atom. The second kappa shape index (κ2) is 4.91. The van der Waals surface area contributed by atoms with E-state index < -0.39 is 5.54 Å². The number of rotatable bonds is 2. The summed E-state index contributed by atoms with van der Waals surface area (Å²) >= 11 is 0. The number of nitrogens with zero attached hydrogens (tertiary/aromatic N) is 1. The van der Waals surface area contributed by atoms with E-state index in [1.54, 1.807) is 11.9 Å². The van der Waals surface area contributed by atoms with Gasteiger partial charge in [0.1, 0.15) is 5.54 Å². The van der Waals surface area contributed by atoms with Gasteiger partial charge in [-0.05, 0) is 32.4 Å². The molecule has 2 rings (SSSR count). The molecular formula is C11H20N4O2. The summed E-state index contributed by atoms with van der Waals surface area (Å²) in [5, 5.41) is 8.76. The van der Waals surface area contributed by atoms with Crippen LogP contribution in [0.1, 0.15) is 19.3 Å². The zero-order valence-electron chi connectivity index (χ0n) is 10.2. The van der Waals surface area contributed by atoms with E-state index in [1.165, 1.54) is 0 Å². The number of hydrogen-bond donors (Lipinski definition) is 3. The van der Waals surface area contributed by atoms with Gasteiger partial charge in [0.05, 0.1) is 0 Å². The van der Waals surface area contributed by atoms with E-state index in [-0.39, 0.29) is 11.9 Å². The Hall–Kier alpha value is -1.30. The molecule has 0 aromatic rings. The van der Waals surface area contributed by atoms with Gasteiger partial charge in [0, 0.05) is 20.1 Å². The molecule has 0 saturated carbocycles. The highest BCUT2D eigenvalue weighted by atomic mass is 16.2. The number of urea groups is 1. The van der Waals surface area contributed by atoms with Gasteiger partial charge >= 0.3 is 6.03 Å². The molecule has 2 aliphatic rings. The molecule has 0 unspecified atom stereocenters. The lowest BCUT2D eigenvalue weighted by atomic mass is 9.85. The summed E-state index contributed by atoms with van der Waals surface area (Å²) in [6.07, 6.45) is 2.26.